The second-order valence-electron chi connectivity index (χ2n) is 7.44. The lowest BCUT2D eigenvalue weighted by atomic mass is 10.3. The average molecular weight is 435 g/mol. The lowest BCUT2D eigenvalue weighted by molar-refractivity contribution is -0.132. The van der Waals surface area contributed by atoms with Gasteiger partial charge in [-0.05, 0) is 37.3 Å². The van der Waals surface area contributed by atoms with Crippen LogP contribution < -0.4 is 20.5 Å². The molecule has 32 heavy (non-hydrogen) atoms. The molecule has 3 heterocycles. The topological polar surface area (TPSA) is 105 Å². The van der Waals surface area contributed by atoms with Crippen LogP contribution in [0.25, 0.3) is 0 Å². The minimum absolute atomic E-state index is 0.0590. The van der Waals surface area contributed by atoms with Gasteiger partial charge in [-0.3, -0.25) is 9.59 Å². The van der Waals surface area contributed by atoms with Crippen molar-refractivity contribution in [2.45, 2.75) is 13.5 Å². The molecule has 10 nitrogen and oxygen atoms in total. The highest BCUT2D eigenvalue weighted by Crippen LogP contribution is 2.21. The van der Waals surface area contributed by atoms with Crippen LogP contribution in [0.4, 0.5) is 17.5 Å². The minimum atomic E-state index is -0.287. The van der Waals surface area contributed by atoms with Gasteiger partial charge in [0.05, 0.1) is 7.11 Å². The van der Waals surface area contributed by atoms with Crippen molar-refractivity contribution in [2.24, 2.45) is 0 Å². The number of hydrogen-bond acceptors (Lipinski definition) is 8. The number of rotatable bonds is 6. The molecule has 0 bridgehead atoms. The van der Waals surface area contributed by atoms with E-state index in [4.69, 9.17) is 4.74 Å². The SMILES string of the molecule is COc1ccc(Nc2cc(C)nc(N3CCN(C(=O)Cn4ncccc4=O)CC3)n2)cc1. The summed E-state index contributed by atoms with van der Waals surface area (Å²) in [5.41, 5.74) is 1.46. The molecule has 0 atom stereocenters. The molecule has 1 aliphatic heterocycles. The third-order valence-electron chi connectivity index (χ3n) is 5.19. The Morgan fingerprint density at radius 1 is 1.09 bits per heavy atom. The van der Waals surface area contributed by atoms with Crippen LogP contribution in [-0.4, -0.2) is 63.8 Å². The van der Waals surface area contributed by atoms with Crippen LogP contribution in [0.1, 0.15) is 5.69 Å². The standard InChI is InChI=1S/C22H25N7O3/c1-16-14-19(25-17-5-7-18(32-2)8-6-17)26-22(24-16)28-12-10-27(11-13-28)21(31)15-29-20(30)4-3-9-23-29/h3-9,14H,10-13,15H2,1-2H3,(H,24,25,26). The molecule has 0 saturated carbocycles. The van der Waals surface area contributed by atoms with Crippen molar-refractivity contribution in [1.82, 2.24) is 24.6 Å². The fraction of sp³-hybridized carbons (Fsp3) is 0.318. The van der Waals surface area contributed by atoms with Crippen molar-refractivity contribution in [3.8, 4) is 5.75 Å². The van der Waals surface area contributed by atoms with Gasteiger partial charge in [0.15, 0.2) is 0 Å². The van der Waals surface area contributed by atoms with Gasteiger partial charge in [-0.15, -0.1) is 0 Å². The largest absolute Gasteiger partial charge is 0.497 e. The van der Waals surface area contributed by atoms with E-state index in [1.54, 1.807) is 18.1 Å². The first-order valence-electron chi connectivity index (χ1n) is 10.3. The van der Waals surface area contributed by atoms with Crippen LogP contribution in [0.5, 0.6) is 5.75 Å². The summed E-state index contributed by atoms with van der Waals surface area (Å²) >= 11 is 0. The molecule has 1 fully saturated rings. The molecule has 0 aliphatic carbocycles. The van der Waals surface area contributed by atoms with Gasteiger partial charge < -0.3 is 19.9 Å². The van der Waals surface area contributed by atoms with Gasteiger partial charge in [0.25, 0.3) is 5.56 Å². The van der Waals surface area contributed by atoms with Crippen LogP contribution in [0.15, 0.2) is 53.5 Å². The maximum Gasteiger partial charge on any atom is 0.267 e. The zero-order valence-corrected chi connectivity index (χ0v) is 18.1. The van der Waals surface area contributed by atoms with E-state index >= 15 is 0 Å². The zero-order chi connectivity index (χ0) is 22.5. The van der Waals surface area contributed by atoms with Crippen molar-refractivity contribution in [3.05, 3.63) is 64.7 Å². The Hall–Kier alpha value is -3.95. The molecular weight excluding hydrogens is 410 g/mol. The third kappa shape index (κ3) is 5.02. The molecule has 0 unspecified atom stereocenters. The average Bonchev–Trinajstić information content (AvgIpc) is 2.81. The second-order valence-corrected chi connectivity index (χ2v) is 7.44. The maximum absolute atomic E-state index is 12.6. The van der Waals surface area contributed by atoms with Gasteiger partial charge in [0, 0.05) is 55.9 Å². The van der Waals surface area contributed by atoms with E-state index < -0.39 is 0 Å². The number of benzene rings is 1. The predicted octanol–water partition coefficient (Wildman–Crippen LogP) is 1.44. The third-order valence-corrected chi connectivity index (χ3v) is 5.19. The summed E-state index contributed by atoms with van der Waals surface area (Å²) in [5, 5.41) is 7.25. The molecule has 1 aromatic carbocycles. The van der Waals surface area contributed by atoms with Crippen molar-refractivity contribution in [2.75, 3.05) is 43.5 Å². The molecule has 3 aromatic rings. The summed E-state index contributed by atoms with van der Waals surface area (Å²) < 4.78 is 6.37. The van der Waals surface area contributed by atoms with E-state index in [0.29, 0.717) is 37.9 Å². The molecule has 1 amide bonds. The predicted molar refractivity (Wildman–Crippen MR) is 120 cm³/mol. The van der Waals surface area contributed by atoms with Crippen molar-refractivity contribution in [3.63, 3.8) is 0 Å². The van der Waals surface area contributed by atoms with Crippen LogP contribution in [0, 0.1) is 6.92 Å². The number of piperazine rings is 1. The second kappa shape index (κ2) is 9.46. The molecule has 1 saturated heterocycles. The van der Waals surface area contributed by atoms with Gasteiger partial charge in [-0.25, -0.2) is 9.67 Å². The number of carbonyl (C=O) groups is 1. The van der Waals surface area contributed by atoms with Gasteiger partial charge in [0.1, 0.15) is 18.1 Å². The molecule has 166 valence electrons. The van der Waals surface area contributed by atoms with Crippen LogP contribution in [0.2, 0.25) is 0 Å². The van der Waals surface area contributed by atoms with Gasteiger partial charge in [-0.2, -0.15) is 10.1 Å². The Labute approximate surface area is 185 Å². The van der Waals surface area contributed by atoms with E-state index in [1.165, 1.54) is 16.9 Å². The summed E-state index contributed by atoms with van der Waals surface area (Å²) in [6.45, 7) is 4.13. The van der Waals surface area contributed by atoms with E-state index in [-0.39, 0.29) is 18.0 Å². The normalized spacial score (nSPS) is 13.7. The first-order chi connectivity index (χ1) is 15.5. The summed E-state index contributed by atoms with van der Waals surface area (Å²) in [4.78, 5) is 37.4. The zero-order valence-electron chi connectivity index (χ0n) is 18.1. The molecule has 10 heteroatoms. The van der Waals surface area contributed by atoms with E-state index in [2.05, 4.69) is 25.3 Å². The number of aromatic nitrogens is 4. The maximum atomic E-state index is 12.6. The highest BCUT2D eigenvalue weighted by Gasteiger charge is 2.23. The van der Waals surface area contributed by atoms with Crippen LogP contribution in [-0.2, 0) is 11.3 Å². The number of methoxy groups -OCH3 is 1. The molecule has 1 aliphatic rings. The number of anilines is 3. The van der Waals surface area contributed by atoms with E-state index in [0.717, 1.165) is 17.1 Å². The quantitative estimate of drug-likeness (QED) is 0.620. The Balaban J connectivity index is 1.39. The smallest absolute Gasteiger partial charge is 0.267 e. The Kier molecular flexibility index (Phi) is 6.29. The Morgan fingerprint density at radius 2 is 1.84 bits per heavy atom. The number of hydrogen-bond donors (Lipinski definition) is 1. The highest BCUT2D eigenvalue weighted by atomic mass is 16.5. The first-order valence-corrected chi connectivity index (χ1v) is 10.3. The van der Waals surface area contributed by atoms with E-state index in [9.17, 15) is 9.59 Å². The number of carbonyl (C=O) groups excluding carboxylic acids is 1. The lowest BCUT2D eigenvalue weighted by Crippen LogP contribution is -2.50. The molecule has 2 aromatic heterocycles. The monoisotopic (exact) mass is 435 g/mol. The summed E-state index contributed by atoms with van der Waals surface area (Å²) in [6, 6.07) is 12.4. The molecule has 1 N–H and O–H groups in total. The minimum Gasteiger partial charge on any atom is -0.497 e. The first kappa shape index (κ1) is 21.3. The number of nitrogens with zero attached hydrogens (tertiary/aromatic N) is 6. The van der Waals surface area contributed by atoms with Crippen LogP contribution >= 0.6 is 0 Å². The van der Waals surface area contributed by atoms with Crippen molar-refractivity contribution in [1.29, 1.82) is 0 Å². The summed E-state index contributed by atoms with van der Waals surface area (Å²) in [5.74, 6) is 1.98. The number of amides is 1. The fourth-order valence-corrected chi connectivity index (χ4v) is 3.47. The lowest BCUT2D eigenvalue weighted by Gasteiger charge is -2.35. The Bertz CT molecular complexity index is 1140. The van der Waals surface area contributed by atoms with Crippen LogP contribution in [0.3, 0.4) is 0 Å². The van der Waals surface area contributed by atoms with Gasteiger partial charge in [0.2, 0.25) is 11.9 Å². The highest BCUT2D eigenvalue weighted by molar-refractivity contribution is 5.76. The molecule has 0 radical (unpaired) electrons. The van der Waals surface area contributed by atoms with Gasteiger partial charge >= 0.3 is 0 Å². The number of nitrogens with one attached hydrogen (secondary N) is 1. The van der Waals surface area contributed by atoms with Crippen molar-refractivity contribution < 1.29 is 9.53 Å². The summed E-state index contributed by atoms with van der Waals surface area (Å²) in [6.07, 6.45) is 1.50. The fourth-order valence-electron chi connectivity index (χ4n) is 3.47. The van der Waals surface area contributed by atoms with Crippen molar-refractivity contribution >= 4 is 23.4 Å². The molecule has 0 spiro atoms. The number of ether oxygens (including phenoxy) is 1. The number of aryl methyl sites for hydroxylation is 1. The Morgan fingerprint density at radius 3 is 2.53 bits per heavy atom. The summed E-state index contributed by atoms with van der Waals surface area (Å²) in [7, 11) is 1.63. The molecule has 4 rings (SSSR count). The van der Waals surface area contributed by atoms with Gasteiger partial charge in [-0.1, -0.05) is 0 Å². The van der Waals surface area contributed by atoms with E-state index in [1.807, 2.05) is 37.3 Å². The molecular formula is C22H25N7O3.